The molecular weight excluding hydrogens is 255 g/mol. The van der Waals surface area contributed by atoms with Crippen molar-refractivity contribution < 1.29 is 4.39 Å². The zero-order valence-corrected chi connectivity index (χ0v) is 11.4. The fourth-order valence-electron chi connectivity index (χ4n) is 2.48. The Hall–Kier alpha value is -2.01. The Labute approximate surface area is 117 Å². The third-order valence-corrected chi connectivity index (χ3v) is 3.51. The lowest BCUT2D eigenvalue weighted by Gasteiger charge is -2.18. The zero-order chi connectivity index (χ0) is 14.1. The second kappa shape index (κ2) is 5.17. The predicted molar refractivity (Wildman–Crippen MR) is 77.0 cm³/mol. The van der Waals surface area contributed by atoms with Gasteiger partial charge in [0.1, 0.15) is 17.5 Å². The van der Waals surface area contributed by atoms with Crippen LogP contribution in [0.25, 0.3) is 11.3 Å². The Morgan fingerprint density at radius 3 is 2.65 bits per heavy atom. The summed E-state index contributed by atoms with van der Waals surface area (Å²) < 4.78 is 13.0. The highest BCUT2D eigenvalue weighted by Crippen LogP contribution is 2.24. The Kier molecular flexibility index (Phi) is 3.36. The van der Waals surface area contributed by atoms with Crippen LogP contribution < -0.4 is 10.6 Å². The summed E-state index contributed by atoms with van der Waals surface area (Å²) in [7, 11) is 0. The summed E-state index contributed by atoms with van der Waals surface area (Å²) in [5.74, 6) is 1.36. The third kappa shape index (κ3) is 2.63. The van der Waals surface area contributed by atoms with Crippen LogP contribution >= 0.6 is 0 Å². The molecular formula is C15H17FN4. The van der Waals surface area contributed by atoms with Crippen LogP contribution in [0.1, 0.15) is 12.2 Å². The number of benzene rings is 1. The van der Waals surface area contributed by atoms with E-state index in [1.165, 1.54) is 12.1 Å². The number of anilines is 1. The fraction of sp³-hybridized carbons (Fsp3) is 0.333. The maximum absolute atomic E-state index is 13.0. The molecule has 1 saturated heterocycles. The van der Waals surface area contributed by atoms with Gasteiger partial charge >= 0.3 is 0 Å². The smallest absolute Gasteiger partial charge is 0.132 e. The Morgan fingerprint density at radius 2 is 2.00 bits per heavy atom. The van der Waals surface area contributed by atoms with Crippen molar-refractivity contribution in [2.24, 2.45) is 5.73 Å². The topological polar surface area (TPSA) is 55.0 Å². The molecule has 0 bridgehead atoms. The van der Waals surface area contributed by atoms with Gasteiger partial charge in [0.15, 0.2) is 0 Å². The molecule has 0 aliphatic carbocycles. The van der Waals surface area contributed by atoms with Crippen LogP contribution in [-0.4, -0.2) is 29.1 Å². The fourth-order valence-corrected chi connectivity index (χ4v) is 2.48. The molecule has 3 rings (SSSR count). The van der Waals surface area contributed by atoms with Crippen molar-refractivity contribution >= 4 is 5.82 Å². The van der Waals surface area contributed by atoms with Crippen LogP contribution in [0.5, 0.6) is 0 Å². The molecule has 5 heteroatoms. The van der Waals surface area contributed by atoms with Crippen LogP contribution in [0.4, 0.5) is 10.2 Å². The molecule has 0 amide bonds. The molecule has 1 fully saturated rings. The van der Waals surface area contributed by atoms with Crippen LogP contribution in [0.15, 0.2) is 30.3 Å². The predicted octanol–water partition coefficient (Wildman–Crippen LogP) is 2.13. The first-order valence-electron chi connectivity index (χ1n) is 6.74. The minimum atomic E-state index is -0.245. The number of rotatable bonds is 2. The average Bonchev–Trinajstić information content (AvgIpc) is 2.85. The number of nitrogens with two attached hydrogens (primary N) is 1. The van der Waals surface area contributed by atoms with E-state index >= 15 is 0 Å². The van der Waals surface area contributed by atoms with E-state index in [2.05, 4.69) is 14.9 Å². The summed E-state index contributed by atoms with van der Waals surface area (Å²) in [6.45, 7) is 3.60. The van der Waals surface area contributed by atoms with Crippen molar-refractivity contribution in [1.29, 1.82) is 0 Å². The quantitative estimate of drug-likeness (QED) is 0.910. The number of halogens is 1. The van der Waals surface area contributed by atoms with Crippen molar-refractivity contribution in [3.05, 3.63) is 42.0 Å². The highest BCUT2D eigenvalue weighted by atomic mass is 19.1. The molecule has 1 aliphatic heterocycles. The van der Waals surface area contributed by atoms with E-state index in [4.69, 9.17) is 5.73 Å². The second-order valence-corrected chi connectivity index (χ2v) is 5.16. The van der Waals surface area contributed by atoms with Crippen LogP contribution in [0, 0.1) is 12.7 Å². The van der Waals surface area contributed by atoms with E-state index in [1.54, 1.807) is 12.1 Å². The summed E-state index contributed by atoms with van der Waals surface area (Å²) in [5, 5.41) is 0. The summed E-state index contributed by atoms with van der Waals surface area (Å²) in [6.07, 6.45) is 0.981. The van der Waals surface area contributed by atoms with Crippen LogP contribution in [-0.2, 0) is 0 Å². The lowest BCUT2D eigenvalue weighted by atomic mass is 10.1. The normalized spacial score (nSPS) is 18.6. The van der Waals surface area contributed by atoms with E-state index < -0.39 is 0 Å². The van der Waals surface area contributed by atoms with Gasteiger partial charge in [-0.05, 0) is 37.6 Å². The average molecular weight is 272 g/mol. The zero-order valence-electron chi connectivity index (χ0n) is 11.4. The van der Waals surface area contributed by atoms with Crippen LogP contribution in [0.3, 0.4) is 0 Å². The number of nitrogens with zero attached hydrogens (tertiary/aromatic N) is 3. The summed E-state index contributed by atoms with van der Waals surface area (Å²) in [5.41, 5.74) is 7.64. The lowest BCUT2D eigenvalue weighted by Crippen LogP contribution is -2.27. The molecule has 2 heterocycles. The van der Waals surface area contributed by atoms with Gasteiger partial charge in [-0.3, -0.25) is 0 Å². The van der Waals surface area contributed by atoms with Crippen LogP contribution in [0.2, 0.25) is 0 Å². The lowest BCUT2D eigenvalue weighted by molar-refractivity contribution is 0.628. The molecule has 1 aromatic carbocycles. The molecule has 2 N–H and O–H groups in total. The number of hydrogen-bond acceptors (Lipinski definition) is 4. The summed E-state index contributed by atoms with van der Waals surface area (Å²) in [4.78, 5) is 11.1. The number of hydrogen-bond donors (Lipinski definition) is 1. The van der Waals surface area contributed by atoms with Gasteiger partial charge in [0.05, 0.1) is 5.69 Å². The van der Waals surface area contributed by atoms with Gasteiger partial charge in [-0.15, -0.1) is 0 Å². The molecule has 0 saturated carbocycles. The molecule has 2 aromatic rings. The Bertz CT molecular complexity index is 612. The van der Waals surface area contributed by atoms with Crippen molar-refractivity contribution in [3.63, 3.8) is 0 Å². The SMILES string of the molecule is Cc1nc(-c2ccc(F)cc2)cc(N2CC[C@@H](N)C2)n1. The maximum Gasteiger partial charge on any atom is 0.132 e. The molecule has 1 aliphatic rings. The molecule has 0 radical (unpaired) electrons. The van der Waals surface area contributed by atoms with Gasteiger partial charge in [-0.25, -0.2) is 14.4 Å². The monoisotopic (exact) mass is 272 g/mol. The second-order valence-electron chi connectivity index (χ2n) is 5.16. The minimum Gasteiger partial charge on any atom is -0.355 e. The third-order valence-electron chi connectivity index (χ3n) is 3.51. The molecule has 4 nitrogen and oxygen atoms in total. The van der Waals surface area contributed by atoms with E-state index in [0.717, 1.165) is 36.6 Å². The standard InChI is InChI=1S/C15H17FN4/c1-10-18-14(11-2-4-12(16)5-3-11)8-15(19-10)20-7-6-13(17)9-20/h2-5,8,13H,6-7,9,17H2,1H3/t13-/m1/s1. The highest BCUT2D eigenvalue weighted by Gasteiger charge is 2.21. The van der Waals surface area contributed by atoms with E-state index in [1.807, 2.05) is 13.0 Å². The van der Waals surface area contributed by atoms with Crippen molar-refractivity contribution in [2.45, 2.75) is 19.4 Å². The van der Waals surface area contributed by atoms with Gasteiger partial charge in [0.25, 0.3) is 0 Å². The Morgan fingerprint density at radius 1 is 1.25 bits per heavy atom. The highest BCUT2D eigenvalue weighted by molar-refractivity contribution is 5.63. The van der Waals surface area contributed by atoms with Gasteiger partial charge in [0.2, 0.25) is 0 Å². The Balaban J connectivity index is 1.96. The van der Waals surface area contributed by atoms with Gasteiger partial charge in [-0.1, -0.05) is 0 Å². The maximum atomic E-state index is 13.0. The molecule has 0 unspecified atom stereocenters. The van der Waals surface area contributed by atoms with E-state index in [-0.39, 0.29) is 11.9 Å². The van der Waals surface area contributed by atoms with Crippen molar-refractivity contribution in [2.75, 3.05) is 18.0 Å². The summed E-state index contributed by atoms with van der Waals surface area (Å²) >= 11 is 0. The largest absolute Gasteiger partial charge is 0.355 e. The first kappa shape index (κ1) is 13.0. The van der Waals surface area contributed by atoms with Crippen molar-refractivity contribution in [1.82, 2.24) is 9.97 Å². The first-order chi connectivity index (χ1) is 9.61. The molecule has 1 atom stereocenters. The van der Waals surface area contributed by atoms with E-state index in [9.17, 15) is 4.39 Å². The summed E-state index contributed by atoms with van der Waals surface area (Å²) in [6, 6.07) is 8.50. The van der Waals surface area contributed by atoms with Gasteiger partial charge in [0, 0.05) is 30.8 Å². The van der Waals surface area contributed by atoms with Gasteiger partial charge < -0.3 is 10.6 Å². The molecule has 0 spiro atoms. The van der Waals surface area contributed by atoms with E-state index in [0.29, 0.717) is 5.82 Å². The molecule has 20 heavy (non-hydrogen) atoms. The minimum absolute atomic E-state index is 0.208. The van der Waals surface area contributed by atoms with Gasteiger partial charge in [-0.2, -0.15) is 0 Å². The molecule has 1 aromatic heterocycles. The van der Waals surface area contributed by atoms with Crippen molar-refractivity contribution in [3.8, 4) is 11.3 Å². The molecule has 104 valence electrons. The first-order valence-corrected chi connectivity index (χ1v) is 6.74. The number of aryl methyl sites for hydroxylation is 1. The number of aromatic nitrogens is 2.